The van der Waals surface area contributed by atoms with Crippen LogP contribution in [0.15, 0.2) is 91.3 Å². The molecule has 0 saturated heterocycles. The number of para-hydroxylation sites is 1. The van der Waals surface area contributed by atoms with E-state index < -0.39 is 0 Å². The fourth-order valence-corrected chi connectivity index (χ4v) is 4.93. The Hall–Kier alpha value is -4.58. The van der Waals surface area contributed by atoms with Crippen molar-refractivity contribution in [1.29, 1.82) is 5.41 Å². The molecule has 1 unspecified atom stereocenters. The second-order valence-corrected chi connectivity index (χ2v) is 8.36. The van der Waals surface area contributed by atoms with Crippen molar-refractivity contribution in [3.05, 3.63) is 113 Å². The number of fused-ring (bicyclic) bond motifs is 5. The first kappa shape index (κ1) is 18.9. The number of aromatic nitrogens is 2. The van der Waals surface area contributed by atoms with Gasteiger partial charge in [0.15, 0.2) is 11.5 Å². The van der Waals surface area contributed by atoms with Gasteiger partial charge in [-0.05, 0) is 46.7 Å². The highest BCUT2D eigenvalue weighted by Gasteiger charge is 2.34. The van der Waals surface area contributed by atoms with Crippen LogP contribution in [-0.2, 0) is 0 Å². The minimum Gasteiger partial charge on any atom is -0.454 e. The van der Waals surface area contributed by atoms with Crippen LogP contribution in [-0.4, -0.2) is 16.3 Å². The Bertz CT molecular complexity index is 1640. The molecule has 164 valence electrons. The smallest absolute Gasteiger partial charge is 0.231 e. The van der Waals surface area contributed by atoms with Crippen molar-refractivity contribution in [2.75, 3.05) is 6.79 Å². The standard InChI is InChI=1S/C28H19N3O3/c29-27-26-24(18-11-12-21-23(14-18)33-16-32-21)25-20-9-5-4-6-17(20)10-13-22(25)34-28(26)30-15-31(27)19-7-2-1-3-8-19/h1-15,24,29H,16H2. The third-order valence-corrected chi connectivity index (χ3v) is 6.50. The zero-order valence-corrected chi connectivity index (χ0v) is 18.1. The number of nitrogens with one attached hydrogen (secondary N) is 1. The minimum atomic E-state index is -0.268. The summed E-state index contributed by atoms with van der Waals surface area (Å²) in [6.07, 6.45) is 1.65. The summed E-state index contributed by atoms with van der Waals surface area (Å²) in [5.41, 5.74) is 3.93. The van der Waals surface area contributed by atoms with Crippen LogP contribution in [0.2, 0.25) is 0 Å². The number of ether oxygens (including phenoxy) is 3. The Morgan fingerprint density at radius 1 is 0.794 bits per heavy atom. The van der Waals surface area contributed by atoms with Gasteiger partial charge in [-0.3, -0.25) is 9.98 Å². The molecule has 0 aliphatic carbocycles. The molecule has 6 heteroatoms. The maximum Gasteiger partial charge on any atom is 0.231 e. The van der Waals surface area contributed by atoms with Gasteiger partial charge in [-0.2, -0.15) is 0 Å². The first-order chi connectivity index (χ1) is 16.8. The molecule has 1 atom stereocenters. The highest BCUT2D eigenvalue weighted by atomic mass is 16.7. The number of rotatable bonds is 2. The Morgan fingerprint density at radius 3 is 2.50 bits per heavy atom. The molecule has 6 nitrogen and oxygen atoms in total. The third kappa shape index (κ3) is 2.75. The van der Waals surface area contributed by atoms with Crippen molar-refractivity contribution in [3.8, 4) is 28.8 Å². The van der Waals surface area contributed by atoms with E-state index >= 15 is 0 Å². The highest BCUT2D eigenvalue weighted by molar-refractivity contribution is 5.90. The van der Waals surface area contributed by atoms with Gasteiger partial charge in [0, 0.05) is 17.2 Å². The van der Waals surface area contributed by atoms with Gasteiger partial charge < -0.3 is 14.2 Å². The van der Waals surface area contributed by atoms with Crippen LogP contribution in [0.1, 0.15) is 22.6 Å². The first-order valence-corrected chi connectivity index (χ1v) is 11.1. The highest BCUT2D eigenvalue weighted by Crippen LogP contribution is 2.49. The van der Waals surface area contributed by atoms with E-state index in [9.17, 15) is 5.41 Å². The van der Waals surface area contributed by atoms with Crippen LogP contribution >= 0.6 is 0 Å². The topological polar surface area (TPSA) is 69.4 Å². The number of hydrogen-bond acceptors (Lipinski definition) is 5. The molecule has 2 aliphatic heterocycles. The van der Waals surface area contributed by atoms with Crippen LogP contribution in [0.4, 0.5) is 0 Å². The normalized spacial score (nSPS) is 15.5. The van der Waals surface area contributed by atoms with Gasteiger partial charge in [0.25, 0.3) is 0 Å². The summed E-state index contributed by atoms with van der Waals surface area (Å²) in [6, 6.07) is 28.1. The predicted octanol–water partition coefficient (Wildman–Crippen LogP) is 5.52. The van der Waals surface area contributed by atoms with Crippen molar-refractivity contribution in [2.45, 2.75) is 5.92 Å². The monoisotopic (exact) mass is 445 g/mol. The second kappa shape index (κ2) is 7.22. The van der Waals surface area contributed by atoms with E-state index in [0.717, 1.165) is 39.1 Å². The molecule has 1 aromatic heterocycles. The molecule has 5 aromatic rings. The van der Waals surface area contributed by atoms with Crippen molar-refractivity contribution in [2.24, 2.45) is 0 Å². The summed E-state index contributed by atoms with van der Waals surface area (Å²) >= 11 is 0. The molecule has 1 N–H and O–H groups in total. The van der Waals surface area contributed by atoms with E-state index in [1.807, 2.05) is 66.7 Å². The molecule has 0 amide bonds. The number of hydrogen-bond donors (Lipinski definition) is 1. The summed E-state index contributed by atoms with van der Waals surface area (Å²) in [6.45, 7) is 0.210. The quantitative estimate of drug-likeness (QED) is 0.381. The zero-order valence-electron chi connectivity index (χ0n) is 18.1. The summed E-state index contributed by atoms with van der Waals surface area (Å²) in [7, 11) is 0. The van der Waals surface area contributed by atoms with Gasteiger partial charge in [-0.15, -0.1) is 0 Å². The predicted molar refractivity (Wildman–Crippen MR) is 127 cm³/mol. The van der Waals surface area contributed by atoms with Crippen LogP contribution < -0.4 is 19.7 Å². The molecule has 3 heterocycles. The fourth-order valence-electron chi connectivity index (χ4n) is 4.93. The van der Waals surface area contributed by atoms with Crippen molar-refractivity contribution >= 4 is 10.8 Å². The number of benzene rings is 4. The van der Waals surface area contributed by atoms with E-state index in [1.165, 1.54) is 0 Å². The average molecular weight is 445 g/mol. The van der Waals surface area contributed by atoms with Gasteiger partial charge in [0.1, 0.15) is 17.6 Å². The van der Waals surface area contributed by atoms with Crippen molar-refractivity contribution in [3.63, 3.8) is 0 Å². The van der Waals surface area contributed by atoms with Gasteiger partial charge in [-0.25, -0.2) is 4.98 Å². The molecule has 0 bridgehead atoms. The van der Waals surface area contributed by atoms with Gasteiger partial charge in [0.2, 0.25) is 12.7 Å². The summed E-state index contributed by atoms with van der Waals surface area (Å²) in [5, 5.41) is 11.4. The van der Waals surface area contributed by atoms with Crippen molar-refractivity contribution < 1.29 is 14.2 Å². The lowest BCUT2D eigenvalue weighted by molar-refractivity contribution is 0.174. The molecule has 2 aliphatic rings. The minimum absolute atomic E-state index is 0.210. The summed E-state index contributed by atoms with van der Waals surface area (Å²) < 4.78 is 19.3. The Morgan fingerprint density at radius 2 is 1.59 bits per heavy atom. The molecule has 4 aromatic carbocycles. The van der Waals surface area contributed by atoms with E-state index in [-0.39, 0.29) is 12.7 Å². The van der Waals surface area contributed by atoms with Crippen molar-refractivity contribution in [1.82, 2.24) is 9.55 Å². The van der Waals surface area contributed by atoms with E-state index in [0.29, 0.717) is 22.7 Å². The largest absolute Gasteiger partial charge is 0.454 e. The molecule has 0 radical (unpaired) electrons. The lowest BCUT2D eigenvalue weighted by Crippen LogP contribution is -2.29. The molecule has 34 heavy (non-hydrogen) atoms. The Kier molecular flexibility index (Phi) is 4.02. The maximum absolute atomic E-state index is 9.23. The van der Waals surface area contributed by atoms with Gasteiger partial charge in [0.05, 0.1) is 5.56 Å². The van der Waals surface area contributed by atoms with Crippen LogP contribution in [0, 0.1) is 5.41 Å². The average Bonchev–Trinajstić information content (AvgIpc) is 3.36. The molecule has 0 saturated carbocycles. The fraction of sp³-hybridized carbons (Fsp3) is 0.0714. The van der Waals surface area contributed by atoms with Crippen LogP contribution in [0.3, 0.4) is 0 Å². The van der Waals surface area contributed by atoms with E-state index in [2.05, 4.69) is 23.2 Å². The molecular weight excluding hydrogens is 426 g/mol. The lowest BCUT2D eigenvalue weighted by Gasteiger charge is -2.30. The molecule has 7 rings (SSSR count). The number of nitrogens with zero attached hydrogens (tertiary/aromatic N) is 2. The van der Waals surface area contributed by atoms with E-state index in [1.54, 1.807) is 10.9 Å². The molecule has 0 fully saturated rings. The second-order valence-electron chi connectivity index (χ2n) is 8.36. The Balaban J connectivity index is 1.54. The van der Waals surface area contributed by atoms with Gasteiger partial charge >= 0.3 is 0 Å². The lowest BCUT2D eigenvalue weighted by atomic mass is 9.81. The zero-order chi connectivity index (χ0) is 22.6. The molecular formula is C28H19N3O3. The van der Waals surface area contributed by atoms with Gasteiger partial charge in [-0.1, -0.05) is 54.6 Å². The SMILES string of the molecule is N=c1c2c(ncn1-c1ccccc1)Oc1ccc3ccccc3c1C2c1ccc2c(c1)OCO2. The summed E-state index contributed by atoms with van der Waals surface area (Å²) in [5.74, 6) is 2.36. The van der Waals surface area contributed by atoms with Crippen LogP contribution in [0.25, 0.3) is 16.5 Å². The first-order valence-electron chi connectivity index (χ1n) is 11.1. The third-order valence-electron chi connectivity index (χ3n) is 6.50. The van der Waals surface area contributed by atoms with Crippen LogP contribution in [0.5, 0.6) is 23.1 Å². The van der Waals surface area contributed by atoms with E-state index in [4.69, 9.17) is 14.2 Å². The summed E-state index contributed by atoms with van der Waals surface area (Å²) in [4.78, 5) is 4.65. The Labute approximate surface area is 195 Å². The molecule has 0 spiro atoms. The maximum atomic E-state index is 9.23.